The van der Waals surface area contributed by atoms with Crippen LogP contribution in [-0.4, -0.2) is 37.7 Å². The minimum Gasteiger partial charge on any atom is -0.297 e. The van der Waals surface area contributed by atoms with Gasteiger partial charge in [0, 0.05) is 31.5 Å². The Balaban J connectivity index is 1.35. The standard InChI is InChI=1S/C20H27N5O/c1-15-19(22-9-8-21-15)14-24-10-6-16(7-11-24)13-25-20(26)12-17-4-2-3-5-18(17)23-25/h8-9,12,16H,2-7,10-11,13-14H2,1H3. The molecule has 0 N–H and O–H groups in total. The summed E-state index contributed by atoms with van der Waals surface area (Å²) >= 11 is 0. The Kier molecular flexibility index (Phi) is 5.11. The molecule has 0 aromatic carbocycles. The highest BCUT2D eigenvalue weighted by molar-refractivity contribution is 5.20. The largest absolute Gasteiger partial charge is 0.297 e. The first-order valence-corrected chi connectivity index (χ1v) is 9.78. The monoisotopic (exact) mass is 353 g/mol. The molecular weight excluding hydrogens is 326 g/mol. The fraction of sp³-hybridized carbons (Fsp3) is 0.600. The molecule has 0 bridgehead atoms. The van der Waals surface area contributed by atoms with Gasteiger partial charge in [0.2, 0.25) is 0 Å². The Hall–Kier alpha value is -2.08. The summed E-state index contributed by atoms with van der Waals surface area (Å²) in [6.07, 6.45) is 10.1. The van der Waals surface area contributed by atoms with E-state index >= 15 is 0 Å². The normalized spacial score (nSPS) is 18.7. The zero-order chi connectivity index (χ0) is 17.9. The fourth-order valence-electron chi connectivity index (χ4n) is 4.11. The van der Waals surface area contributed by atoms with Gasteiger partial charge in [0.1, 0.15) is 0 Å². The predicted molar refractivity (Wildman–Crippen MR) is 99.9 cm³/mol. The minimum atomic E-state index is 0.0725. The maximum Gasteiger partial charge on any atom is 0.267 e. The summed E-state index contributed by atoms with van der Waals surface area (Å²) in [5.41, 5.74) is 4.47. The molecule has 0 atom stereocenters. The molecule has 1 fully saturated rings. The average molecular weight is 353 g/mol. The Morgan fingerprint density at radius 3 is 2.69 bits per heavy atom. The first kappa shape index (κ1) is 17.3. The van der Waals surface area contributed by atoms with Crippen LogP contribution < -0.4 is 5.56 Å². The molecule has 0 radical (unpaired) electrons. The number of aryl methyl sites for hydroxylation is 3. The molecule has 0 saturated carbocycles. The van der Waals surface area contributed by atoms with Crippen LogP contribution in [0.25, 0.3) is 0 Å². The first-order chi connectivity index (χ1) is 12.7. The van der Waals surface area contributed by atoms with Gasteiger partial charge < -0.3 is 0 Å². The number of piperidine rings is 1. The highest BCUT2D eigenvalue weighted by Gasteiger charge is 2.22. The topological polar surface area (TPSA) is 63.9 Å². The smallest absolute Gasteiger partial charge is 0.267 e. The molecular formula is C20H27N5O. The average Bonchev–Trinajstić information content (AvgIpc) is 2.66. The van der Waals surface area contributed by atoms with Crippen molar-refractivity contribution in [3.8, 4) is 0 Å². The number of hydrogen-bond donors (Lipinski definition) is 0. The third kappa shape index (κ3) is 3.85. The molecule has 0 unspecified atom stereocenters. The lowest BCUT2D eigenvalue weighted by molar-refractivity contribution is 0.161. The van der Waals surface area contributed by atoms with E-state index in [1.165, 1.54) is 18.4 Å². The maximum atomic E-state index is 12.4. The van der Waals surface area contributed by atoms with E-state index in [9.17, 15) is 4.79 Å². The summed E-state index contributed by atoms with van der Waals surface area (Å²) in [7, 11) is 0. The van der Waals surface area contributed by atoms with Crippen molar-refractivity contribution in [3.05, 3.63) is 51.5 Å². The number of likely N-dealkylation sites (tertiary alicyclic amines) is 1. The first-order valence-electron chi connectivity index (χ1n) is 9.78. The van der Waals surface area contributed by atoms with Crippen LogP contribution in [0.5, 0.6) is 0 Å². The fourth-order valence-corrected chi connectivity index (χ4v) is 4.11. The van der Waals surface area contributed by atoms with Crippen molar-refractivity contribution in [2.24, 2.45) is 5.92 Å². The quantitative estimate of drug-likeness (QED) is 0.843. The summed E-state index contributed by atoms with van der Waals surface area (Å²) in [5, 5.41) is 4.68. The Labute approximate surface area is 154 Å². The lowest BCUT2D eigenvalue weighted by Gasteiger charge is -2.32. The van der Waals surface area contributed by atoms with Crippen LogP contribution in [0.3, 0.4) is 0 Å². The second kappa shape index (κ2) is 7.66. The summed E-state index contributed by atoms with van der Waals surface area (Å²) in [6.45, 7) is 5.72. The van der Waals surface area contributed by atoms with E-state index in [0.717, 1.165) is 68.9 Å². The van der Waals surface area contributed by atoms with Crippen molar-refractivity contribution in [3.63, 3.8) is 0 Å². The van der Waals surface area contributed by atoms with Crippen LogP contribution in [0.4, 0.5) is 0 Å². The molecule has 0 amide bonds. The van der Waals surface area contributed by atoms with Gasteiger partial charge in [0.15, 0.2) is 0 Å². The van der Waals surface area contributed by atoms with Crippen molar-refractivity contribution in [2.75, 3.05) is 13.1 Å². The van der Waals surface area contributed by atoms with Gasteiger partial charge in [-0.2, -0.15) is 5.10 Å². The van der Waals surface area contributed by atoms with Gasteiger partial charge in [-0.05, 0) is 70.0 Å². The van der Waals surface area contributed by atoms with Crippen LogP contribution in [0, 0.1) is 12.8 Å². The van der Waals surface area contributed by atoms with Gasteiger partial charge in [0.05, 0.1) is 17.1 Å². The molecule has 2 aromatic heterocycles. The number of hydrogen-bond acceptors (Lipinski definition) is 5. The van der Waals surface area contributed by atoms with Crippen molar-refractivity contribution in [1.29, 1.82) is 0 Å². The zero-order valence-corrected chi connectivity index (χ0v) is 15.5. The van der Waals surface area contributed by atoms with E-state index in [1.54, 1.807) is 17.1 Å². The van der Waals surface area contributed by atoms with E-state index in [4.69, 9.17) is 0 Å². The van der Waals surface area contributed by atoms with Crippen molar-refractivity contribution in [1.82, 2.24) is 24.6 Å². The lowest BCUT2D eigenvalue weighted by Crippen LogP contribution is -2.37. The van der Waals surface area contributed by atoms with Gasteiger partial charge in [-0.15, -0.1) is 0 Å². The van der Waals surface area contributed by atoms with Gasteiger partial charge in [-0.25, -0.2) is 4.68 Å². The number of rotatable bonds is 4. The highest BCUT2D eigenvalue weighted by atomic mass is 16.1. The molecule has 2 aromatic rings. The molecule has 1 aliphatic carbocycles. The predicted octanol–water partition coefficient (Wildman–Crippen LogP) is 2.13. The Morgan fingerprint density at radius 1 is 1.12 bits per heavy atom. The molecule has 1 aliphatic heterocycles. The summed E-state index contributed by atoms with van der Waals surface area (Å²) in [5.74, 6) is 0.529. The summed E-state index contributed by atoms with van der Waals surface area (Å²) in [6, 6.07) is 1.83. The van der Waals surface area contributed by atoms with Crippen molar-refractivity contribution >= 4 is 0 Å². The lowest BCUT2D eigenvalue weighted by atomic mass is 9.95. The molecule has 6 nitrogen and oxygen atoms in total. The summed E-state index contributed by atoms with van der Waals surface area (Å²) in [4.78, 5) is 23.6. The van der Waals surface area contributed by atoms with Gasteiger partial charge in [0.25, 0.3) is 5.56 Å². The molecule has 4 rings (SSSR count). The van der Waals surface area contributed by atoms with Crippen LogP contribution >= 0.6 is 0 Å². The zero-order valence-electron chi connectivity index (χ0n) is 15.5. The molecule has 3 heterocycles. The van der Waals surface area contributed by atoms with Crippen LogP contribution in [0.1, 0.15) is 48.3 Å². The van der Waals surface area contributed by atoms with Gasteiger partial charge in [-0.1, -0.05) is 0 Å². The van der Waals surface area contributed by atoms with Gasteiger partial charge in [-0.3, -0.25) is 19.7 Å². The molecule has 2 aliphatic rings. The second-order valence-electron chi connectivity index (χ2n) is 7.65. The molecule has 6 heteroatoms. The maximum absolute atomic E-state index is 12.4. The highest BCUT2D eigenvalue weighted by Crippen LogP contribution is 2.21. The van der Waals surface area contributed by atoms with E-state index < -0.39 is 0 Å². The van der Waals surface area contributed by atoms with Gasteiger partial charge >= 0.3 is 0 Å². The van der Waals surface area contributed by atoms with Crippen LogP contribution in [0.15, 0.2) is 23.3 Å². The third-order valence-corrected chi connectivity index (χ3v) is 5.77. The Bertz CT molecular complexity index is 823. The van der Waals surface area contributed by atoms with E-state index in [2.05, 4.69) is 20.0 Å². The number of aromatic nitrogens is 4. The van der Waals surface area contributed by atoms with Crippen molar-refractivity contribution in [2.45, 2.75) is 58.5 Å². The van der Waals surface area contributed by atoms with Crippen LogP contribution in [-0.2, 0) is 25.9 Å². The molecule has 26 heavy (non-hydrogen) atoms. The number of fused-ring (bicyclic) bond motifs is 1. The Morgan fingerprint density at radius 2 is 1.88 bits per heavy atom. The van der Waals surface area contributed by atoms with Crippen LogP contribution in [0.2, 0.25) is 0 Å². The molecule has 0 spiro atoms. The number of nitrogens with zero attached hydrogens (tertiary/aromatic N) is 5. The SMILES string of the molecule is Cc1nccnc1CN1CCC(Cn2nc3c(cc2=O)CCCC3)CC1. The minimum absolute atomic E-state index is 0.0725. The molecule has 138 valence electrons. The molecule has 1 saturated heterocycles. The second-order valence-corrected chi connectivity index (χ2v) is 7.65. The van der Waals surface area contributed by atoms with Crippen molar-refractivity contribution < 1.29 is 0 Å². The summed E-state index contributed by atoms with van der Waals surface area (Å²) < 4.78 is 1.72. The van der Waals surface area contributed by atoms with E-state index in [0.29, 0.717) is 5.92 Å². The van der Waals surface area contributed by atoms with E-state index in [1.807, 2.05) is 13.0 Å². The third-order valence-electron chi connectivity index (χ3n) is 5.77. The van der Waals surface area contributed by atoms with E-state index in [-0.39, 0.29) is 5.56 Å².